The second-order valence-corrected chi connectivity index (χ2v) is 7.45. The zero-order chi connectivity index (χ0) is 14.1. The third-order valence-electron chi connectivity index (χ3n) is 2.73. The minimum absolute atomic E-state index is 0.296. The number of carbonyl (C=O) groups excluding carboxylic acids is 1. The molecule has 0 aromatic heterocycles. The molecule has 1 aromatic carbocycles. The molecular weight excluding hydrogens is 276 g/mol. The van der Waals surface area contributed by atoms with Crippen molar-refractivity contribution in [1.29, 1.82) is 0 Å². The Balaban J connectivity index is 2.99. The van der Waals surface area contributed by atoms with Crippen LogP contribution in [0, 0.1) is 0 Å². The molecule has 7 heteroatoms. The van der Waals surface area contributed by atoms with Crippen molar-refractivity contribution in [2.24, 2.45) is 0 Å². The van der Waals surface area contributed by atoms with Crippen LogP contribution in [0.15, 0.2) is 18.2 Å². The molecule has 3 N–H and O–H groups in total. The SMILES string of the molecule is CC(C)(C(=O)Nc1ccc(N)c(Cl)c1)S(C)(=O)=O. The van der Waals surface area contributed by atoms with E-state index < -0.39 is 20.5 Å². The zero-order valence-electron chi connectivity index (χ0n) is 10.3. The Labute approximate surface area is 111 Å². The molecule has 0 saturated heterocycles. The van der Waals surface area contributed by atoms with Crippen LogP contribution in [0.1, 0.15) is 13.8 Å². The Morgan fingerprint density at radius 3 is 2.39 bits per heavy atom. The summed E-state index contributed by atoms with van der Waals surface area (Å²) in [6.07, 6.45) is 1.02. The molecule has 0 saturated carbocycles. The summed E-state index contributed by atoms with van der Waals surface area (Å²) >= 11 is 5.81. The van der Waals surface area contributed by atoms with E-state index in [4.69, 9.17) is 17.3 Å². The van der Waals surface area contributed by atoms with Gasteiger partial charge in [-0.3, -0.25) is 4.79 Å². The highest BCUT2D eigenvalue weighted by Gasteiger charge is 2.38. The lowest BCUT2D eigenvalue weighted by Crippen LogP contribution is -2.43. The van der Waals surface area contributed by atoms with Gasteiger partial charge in [0.15, 0.2) is 9.84 Å². The molecule has 0 aliphatic rings. The number of nitrogens with two attached hydrogens (primary N) is 1. The number of halogens is 1. The lowest BCUT2D eigenvalue weighted by atomic mass is 10.2. The summed E-state index contributed by atoms with van der Waals surface area (Å²) in [6, 6.07) is 4.55. The molecule has 0 radical (unpaired) electrons. The van der Waals surface area contributed by atoms with Crippen LogP contribution in [0.3, 0.4) is 0 Å². The van der Waals surface area contributed by atoms with E-state index in [1.54, 1.807) is 6.07 Å². The number of hydrogen-bond donors (Lipinski definition) is 2. The Morgan fingerprint density at radius 1 is 1.39 bits per heavy atom. The van der Waals surface area contributed by atoms with Crippen molar-refractivity contribution in [2.75, 3.05) is 17.3 Å². The van der Waals surface area contributed by atoms with Gasteiger partial charge >= 0.3 is 0 Å². The van der Waals surface area contributed by atoms with Crippen molar-refractivity contribution in [2.45, 2.75) is 18.6 Å². The molecule has 0 unspecified atom stereocenters. The van der Waals surface area contributed by atoms with Crippen molar-refractivity contribution >= 4 is 38.7 Å². The second-order valence-electron chi connectivity index (χ2n) is 4.47. The Kier molecular flexibility index (Phi) is 3.92. The molecule has 1 rings (SSSR count). The van der Waals surface area contributed by atoms with Crippen molar-refractivity contribution in [3.05, 3.63) is 23.2 Å². The van der Waals surface area contributed by atoms with Gasteiger partial charge in [-0.1, -0.05) is 11.6 Å². The number of carbonyl (C=O) groups is 1. The molecule has 0 fully saturated rings. The molecule has 0 aliphatic heterocycles. The van der Waals surface area contributed by atoms with Crippen LogP contribution in [0.5, 0.6) is 0 Å². The molecule has 0 spiro atoms. The maximum absolute atomic E-state index is 11.9. The lowest BCUT2D eigenvalue weighted by molar-refractivity contribution is -0.117. The van der Waals surface area contributed by atoms with E-state index in [0.29, 0.717) is 16.4 Å². The van der Waals surface area contributed by atoms with E-state index in [0.717, 1.165) is 6.26 Å². The largest absolute Gasteiger partial charge is 0.398 e. The minimum atomic E-state index is -3.51. The second kappa shape index (κ2) is 4.78. The van der Waals surface area contributed by atoms with E-state index in [9.17, 15) is 13.2 Å². The van der Waals surface area contributed by atoms with Gasteiger partial charge in [0, 0.05) is 11.9 Å². The average molecular weight is 291 g/mol. The van der Waals surface area contributed by atoms with Gasteiger partial charge in [0.05, 0.1) is 10.7 Å². The molecule has 0 atom stereocenters. The van der Waals surface area contributed by atoms with Gasteiger partial charge in [-0.15, -0.1) is 0 Å². The van der Waals surface area contributed by atoms with Crippen LogP contribution in [-0.2, 0) is 14.6 Å². The number of sulfone groups is 1. The number of rotatable bonds is 3. The number of nitrogen functional groups attached to an aromatic ring is 1. The quantitative estimate of drug-likeness (QED) is 0.829. The predicted octanol–water partition coefficient (Wildman–Crippen LogP) is 1.68. The van der Waals surface area contributed by atoms with E-state index >= 15 is 0 Å². The Morgan fingerprint density at radius 2 is 1.94 bits per heavy atom. The van der Waals surface area contributed by atoms with Gasteiger partial charge in [0.25, 0.3) is 0 Å². The summed E-state index contributed by atoms with van der Waals surface area (Å²) in [6.45, 7) is 2.69. The fourth-order valence-corrected chi connectivity index (χ4v) is 1.62. The summed E-state index contributed by atoms with van der Waals surface area (Å²) in [5, 5.41) is 2.79. The van der Waals surface area contributed by atoms with Gasteiger partial charge in [0.1, 0.15) is 4.75 Å². The maximum Gasteiger partial charge on any atom is 0.245 e. The summed E-state index contributed by atoms with van der Waals surface area (Å²) in [4.78, 5) is 11.9. The first-order chi connectivity index (χ1) is 8.05. The molecule has 5 nitrogen and oxygen atoms in total. The highest BCUT2D eigenvalue weighted by atomic mass is 35.5. The van der Waals surface area contributed by atoms with Gasteiger partial charge in [0.2, 0.25) is 5.91 Å². The van der Waals surface area contributed by atoms with Crippen molar-refractivity contribution in [3.63, 3.8) is 0 Å². The van der Waals surface area contributed by atoms with Crippen LogP contribution in [0.4, 0.5) is 11.4 Å². The topological polar surface area (TPSA) is 89.3 Å². The standard InChI is InChI=1S/C11H15ClN2O3S/c1-11(2,18(3,16)17)10(15)14-7-4-5-9(13)8(12)6-7/h4-6H,13H2,1-3H3,(H,14,15). The van der Waals surface area contributed by atoms with Crippen molar-refractivity contribution < 1.29 is 13.2 Å². The highest BCUT2D eigenvalue weighted by molar-refractivity contribution is 7.92. The van der Waals surface area contributed by atoms with Gasteiger partial charge in [-0.05, 0) is 32.0 Å². The fraction of sp³-hybridized carbons (Fsp3) is 0.364. The third kappa shape index (κ3) is 2.94. The van der Waals surface area contributed by atoms with Crippen LogP contribution < -0.4 is 11.1 Å². The molecule has 18 heavy (non-hydrogen) atoms. The van der Waals surface area contributed by atoms with Crippen LogP contribution >= 0.6 is 11.6 Å². The van der Waals surface area contributed by atoms with Gasteiger partial charge < -0.3 is 11.1 Å². The third-order valence-corrected chi connectivity index (χ3v) is 5.10. The summed E-state index contributed by atoms with van der Waals surface area (Å²) in [7, 11) is -3.51. The fourth-order valence-electron chi connectivity index (χ4n) is 1.05. The number of nitrogens with one attached hydrogen (secondary N) is 1. The van der Waals surface area contributed by atoms with Crippen molar-refractivity contribution in [1.82, 2.24) is 0 Å². The number of anilines is 2. The lowest BCUT2D eigenvalue weighted by Gasteiger charge is -2.21. The first-order valence-corrected chi connectivity index (χ1v) is 7.38. The van der Waals surface area contributed by atoms with Gasteiger partial charge in [-0.25, -0.2) is 8.42 Å². The first kappa shape index (κ1) is 14.8. The average Bonchev–Trinajstić information content (AvgIpc) is 2.21. The normalized spacial score (nSPS) is 12.2. The summed E-state index contributed by atoms with van der Waals surface area (Å²) < 4.78 is 21.5. The van der Waals surface area contributed by atoms with Gasteiger partial charge in [-0.2, -0.15) is 0 Å². The molecule has 1 aromatic rings. The predicted molar refractivity (Wildman–Crippen MR) is 73.4 cm³/mol. The molecule has 1 amide bonds. The monoisotopic (exact) mass is 290 g/mol. The number of amides is 1. The van der Waals surface area contributed by atoms with Crippen LogP contribution in [-0.4, -0.2) is 25.3 Å². The van der Waals surface area contributed by atoms with E-state index in [1.165, 1.54) is 26.0 Å². The molecule has 0 aliphatic carbocycles. The first-order valence-electron chi connectivity index (χ1n) is 5.12. The van der Waals surface area contributed by atoms with E-state index in [-0.39, 0.29) is 0 Å². The van der Waals surface area contributed by atoms with Crippen LogP contribution in [0.2, 0.25) is 5.02 Å². The van der Waals surface area contributed by atoms with Crippen LogP contribution in [0.25, 0.3) is 0 Å². The highest BCUT2D eigenvalue weighted by Crippen LogP contribution is 2.24. The summed E-state index contributed by atoms with van der Waals surface area (Å²) in [5.74, 6) is -0.620. The Hall–Kier alpha value is -1.27. The maximum atomic E-state index is 11.9. The van der Waals surface area contributed by atoms with E-state index in [2.05, 4.69) is 5.32 Å². The summed E-state index contributed by atoms with van der Waals surface area (Å²) in [5.41, 5.74) is 6.32. The van der Waals surface area contributed by atoms with Crippen molar-refractivity contribution in [3.8, 4) is 0 Å². The number of hydrogen-bond acceptors (Lipinski definition) is 4. The smallest absolute Gasteiger partial charge is 0.245 e. The number of benzene rings is 1. The Bertz CT molecular complexity index is 582. The molecule has 0 bridgehead atoms. The van der Waals surface area contributed by atoms with E-state index in [1.807, 2.05) is 0 Å². The minimum Gasteiger partial charge on any atom is -0.398 e. The molecule has 100 valence electrons. The molecule has 0 heterocycles. The zero-order valence-corrected chi connectivity index (χ0v) is 11.9. The molecular formula is C11H15ClN2O3S.